The molecule has 0 N–H and O–H groups in total. The Kier molecular flexibility index (Phi) is 4.98. The molecule has 0 atom stereocenters. The van der Waals surface area contributed by atoms with Gasteiger partial charge in [0.05, 0.1) is 22.1 Å². The van der Waals surface area contributed by atoms with E-state index in [1.54, 1.807) is 0 Å². The number of hydrogen-bond donors (Lipinski definition) is 0. The van der Waals surface area contributed by atoms with E-state index in [-0.39, 0.29) is 0 Å². The Labute approximate surface area is 173 Å². The molecule has 0 aliphatic carbocycles. The lowest BCUT2D eigenvalue weighted by Crippen LogP contribution is -2.00. The zero-order valence-corrected chi connectivity index (χ0v) is 17.5. The molecule has 4 rings (SSSR count). The van der Waals surface area contributed by atoms with Crippen molar-refractivity contribution in [2.24, 2.45) is 0 Å². The van der Waals surface area contributed by atoms with Crippen LogP contribution in [-0.2, 0) is 0 Å². The molecule has 0 spiro atoms. The SMILES string of the molecule is Clc1ccccc1-n1nc(-c2cccc(Br)c2)cc1-c1cccc(Br)c1. The summed E-state index contributed by atoms with van der Waals surface area (Å²) in [5.41, 5.74) is 4.83. The van der Waals surface area contributed by atoms with E-state index in [1.807, 2.05) is 53.2 Å². The number of nitrogens with zero attached hydrogens (tertiary/aromatic N) is 2. The number of hydrogen-bond acceptors (Lipinski definition) is 1. The van der Waals surface area contributed by atoms with Crippen LogP contribution in [0.3, 0.4) is 0 Å². The van der Waals surface area contributed by atoms with Gasteiger partial charge in [0.25, 0.3) is 0 Å². The van der Waals surface area contributed by atoms with E-state index in [9.17, 15) is 0 Å². The summed E-state index contributed by atoms with van der Waals surface area (Å²) >= 11 is 13.5. The number of benzene rings is 3. The third-order valence-corrected chi connectivity index (χ3v) is 5.34. The van der Waals surface area contributed by atoms with Gasteiger partial charge in [0.1, 0.15) is 0 Å². The molecule has 0 unspecified atom stereocenters. The van der Waals surface area contributed by atoms with Crippen LogP contribution in [0.15, 0.2) is 87.8 Å². The Hall–Kier alpha value is -1.88. The minimum atomic E-state index is 0.660. The van der Waals surface area contributed by atoms with Crippen LogP contribution in [0, 0.1) is 0 Å². The average molecular weight is 489 g/mol. The summed E-state index contributed by atoms with van der Waals surface area (Å²) in [5.74, 6) is 0. The van der Waals surface area contributed by atoms with Gasteiger partial charge in [0, 0.05) is 20.1 Å². The summed E-state index contributed by atoms with van der Waals surface area (Å²) in [6, 6.07) is 26.1. The van der Waals surface area contributed by atoms with E-state index >= 15 is 0 Å². The quantitative estimate of drug-likeness (QED) is 0.294. The van der Waals surface area contributed by atoms with Gasteiger partial charge in [-0.2, -0.15) is 5.10 Å². The molecule has 128 valence electrons. The van der Waals surface area contributed by atoms with Crippen LogP contribution >= 0.6 is 43.5 Å². The summed E-state index contributed by atoms with van der Waals surface area (Å²) in [4.78, 5) is 0. The molecule has 3 aromatic carbocycles. The van der Waals surface area contributed by atoms with Gasteiger partial charge in [-0.05, 0) is 42.5 Å². The Bertz CT molecular complexity index is 1090. The minimum Gasteiger partial charge on any atom is -0.231 e. The van der Waals surface area contributed by atoms with Crippen molar-refractivity contribution in [3.63, 3.8) is 0 Å². The van der Waals surface area contributed by atoms with Gasteiger partial charge < -0.3 is 0 Å². The van der Waals surface area contributed by atoms with Crippen LogP contribution in [0.2, 0.25) is 5.02 Å². The Morgan fingerprint density at radius 3 is 2.08 bits per heavy atom. The molecule has 26 heavy (non-hydrogen) atoms. The highest BCUT2D eigenvalue weighted by atomic mass is 79.9. The molecule has 1 aromatic heterocycles. The molecular weight excluding hydrogens is 476 g/mol. The van der Waals surface area contributed by atoms with Crippen molar-refractivity contribution >= 4 is 43.5 Å². The number of halogens is 3. The van der Waals surface area contributed by atoms with E-state index in [2.05, 4.69) is 62.2 Å². The lowest BCUT2D eigenvalue weighted by molar-refractivity contribution is 0.892. The summed E-state index contributed by atoms with van der Waals surface area (Å²) in [5, 5.41) is 5.51. The number of aromatic nitrogens is 2. The Balaban J connectivity index is 1.95. The summed E-state index contributed by atoms with van der Waals surface area (Å²) < 4.78 is 3.94. The maximum absolute atomic E-state index is 6.45. The fourth-order valence-electron chi connectivity index (χ4n) is 2.83. The fourth-order valence-corrected chi connectivity index (χ4v) is 3.84. The molecule has 5 heteroatoms. The summed E-state index contributed by atoms with van der Waals surface area (Å²) in [6.45, 7) is 0. The van der Waals surface area contributed by atoms with Gasteiger partial charge in [-0.15, -0.1) is 0 Å². The molecule has 0 bridgehead atoms. The highest BCUT2D eigenvalue weighted by Gasteiger charge is 2.15. The molecule has 0 amide bonds. The molecule has 4 aromatic rings. The molecule has 0 aliphatic rings. The Morgan fingerprint density at radius 1 is 0.731 bits per heavy atom. The van der Waals surface area contributed by atoms with E-state index in [0.29, 0.717) is 5.02 Å². The smallest absolute Gasteiger partial charge is 0.0934 e. The molecule has 0 fully saturated rings. The fraction of sp³-hybridized carbons (Fsp3) is 0. The highest BCUT2D eigenvalue weighted by Crippen LogP contribution is 2.32. The van der Waals surface area contributed by atoms with Crippen molar-refractivity contribution in [3.8, 4) is 28.2 Å². The van der Waals surface area contributed by atoms with Gasteiger partial charge >= 0.3 is 0 Å². The molecule has 1 heterocycles. The zero-order chi connectivity index (χ0) is 18.1. The van der Waals surface area contributed by atoms with E-state index in [0.717, 1.165) is 37.1 Å². The van der Waals surface area contributed by atoms with Crippen molar-refractivity contribution in [1.29, 1.82) is 0 Å². The predicted octanol–water partition coefficient (Wildman–Crippen LogP) is 7.38. The molecule has 0 saturated heterocycles. The molecule has 0 aliphatic heterocycles. The van der Waals surface area contributed by atoms with Crippen molar-refractivity contribution in [2.75, 3.05) is 0 Å². The van der Waals surface area contributed by atoms with Crippen LogP contribution < -0.4 is 0 Å². The largest absolute Gasteiger partial charge is 0.231 e. The van der Waals surface area contributed by atoms with Gasteiger partial charge in [0.15, 0.2) is 0 Å². The zero-order valence-electron chi connectivity index (χ0n) is 13.5. The van der Waals surface area contributed by atoms with Crippen LogP contribution in [-0.4, -0.2) is 9.78 Å². The third kappa shape index (κ3) is 3.50. The average Bonchev–Trinajstić information content (AvgIpc) is 3.07. The van der Waals surface area contributed by atoms with E-state index in [1.165, 1.54) is 0 Å². The van der Waals surface area contributed by atoms with E-state index < -0.39 is 0 Å². The lowest BCUT2D eigenvalue weighted by atomic mass is 10.1. The highest BCUT2D eigenvalue weighted by molar-refractivity contribution is 9.10. The second kappa shape index (κ2) is 7.39. The molecular formula is C21H13Br2ClN2. The van der Waals surface area contributed by atoms with Crippen molar-refractivity contribution in [3.05, 3.63) is 92.8 Å². The maximum Gasteiger partial charge on any atom is 0.0934 e. The van der Waals surface area contributed by atoms with E-state index in [4.69, 9.17) is 16.7 Å². The first-order valence-electron chi connectivity index (χ1n) is 7.99. The van der Waals surface area contributed by atoms with Crippen molar-refractivity contribution in [2.45, 2.75) is 0 Å². The van der Waals surface area contributed by atoms with Crippen molar-refractivity contribution < 1.29 is 0 Å². The monoisotopic (exact) mass is 486 g/mol. The second-order valence-electron chi connectivity index (χ2n) is 5.80. The third-order valence-electron chi connectivity index (χ3n) is 4.03. The number of rotatable bonds is 3. The first-order chi connectivity index (χ1) is 12.6. The van der Waals surface area contributed by atoms with Gasteiger partial charge in [0.2, 0.25) is 0 Å². The molecule has 2 nitrogen and oxygen atoms in total. The molecule has 0 saturated carbocycles. The predicted molar refractivity (Wildman–Crippen MR) is 115 cm³/mol. The van der Waals surface area contributed by atoms with Gasteiger partial charge in [-0.1, -0.05) is 79.9 Å². The lowest BCUT2D eigenvalue weighted by Gasteiger charge is -2.09. The van der Waals surface area contributed by atoms with Crippen LogP contribution in [0.1, 0.15) is 0 Å². The van der Waals surface area contributed by atoms with Gasteiger partial charge in [-0.3, -0.25) is 0 Å². The summed E-state index contributed by atoms with van der Waals surface area (Å²) in [6.07, 6.45) is 0. The normalized spacial score (nSPS) is 10.9. The van der Waals surface area contributed by atoms with Crippen LogP contribution in [0.5, 0.6) is 0 Å². The second-order valence-corrected chi connectivity index (χ2v) is 8.04. The first kappa shape index (κ1) is 17.5. The maximum atomic E-state index is 6.45. The number of para-hydroxylation sites is 1. The Morgan fingerprint density at radius 2 is 1.38 bits per heavy atom. The minimum absolute atomic E-state index is 0.660. The first-order valence-corrected chi connectivity index (χ1v) is 9.95. The van der Waals surface area contributed by atoms with Crippen LogP contribution in [0.4, 0.5) is 0 Å². The summed E-state index contributed by atoms with van der Waals surface area (Å²) in [7, 11) is 0. The molecule has 0 radical (unpaired) electrons. The topological polar surface area (TPSA) is 17.8 Å². The van der Waals surface area contributed by atoms with Gasteiger partial charge in [-0.25, -0.2) is 4.68 Å². The van der Waals surface area contributed by atoms with Crippen LogP contribution in [0.25, 0.3) is 28.2 Å². The van der Waals surface area contributed by atoms with Crippen molar-refractivity contribution in [1.82, 2.24) is 9.78 Å². The standard InChI is InChI=1S/C21H13Br2ClN2/c22-16-7-3-5-14(11-16)19-13-21(15-6-4-8-17(23)12-15)26(25-19)20-10-2-1-9-18(20)24/h1-13H.